The predicted molar refractivity (Wildman–Crippen MR) is 90.1 cm³/mol. The van der Waals surface area contributed by atoms with E-state index in [0.29, 0.717) is 48.3 Å². The molecule has 132 valence electrons. The van der Waals surface area contributed by atoms with Gasteiger partial charge in [0.1, 0.15) is 0 Å². The van der Waals surface area contributed by atoms with Crippen molar-refractivity contribution in [2.24, 2.45) is 5.92 Å². The summed E-state index contributed by atoms with van der Waals surface area (Å²) in [7, 11) is 0. The minimum absolute atomic E-state index is 0.212. The number of carboxylic acids is 1. The topological polar surface area (TPSA) is 76.1 Å². The Morgan fingerprint density at radius 3 is 2.67 bits per heavy atom. The van der Waals surface area contributed by atoms with Gasteiger partial charge in [-0.1, -0.05) is 18.5 Å². The summed E-state index contributed by atoms with van der Waals surface area (Å²) in [5, 5.41) is 9.38. The first-order valence-electron chi connectivity index (χ1n) is 8.09. The predicted octanol–water partition coefficient (Wildman–Crippen LogP) is 3.07. The van der Waals surface area contributed by atoms with Crippen molar-refractivity contribution in [1.29, 1.82) is 0 Å². The zero-order valence-corrected chi connectivity index (χ0v) is 14.6. The average molecular weight is 356 g/mol. The van der Waals surface area contributed by atoms with Crippen LogP contribution < -0.4 is 9.47 Å². The van der Waals surface area contributed by atoms with Crippen molar-refractivity contribution >= 4 is 23.5 Å². The van der Waals surface area contributed by atoms with Crippen LogP contribution in [-0.4, -0.2) is 48.2 Å². The lowest BCUT2D eigenvalue weighted by Gasteiger charge is -2.18. The number of carbonyl (C=O) groups is 2. The summed E-state index contributed by atoms with van der Waals surface area (Å²) in [6.07, 6.45) is 1.29. The summed E-state index contributed by atoms with van der Waals surface area (Å²) in [6.45, 7) is 5.37. The van der Waals surface area contributed by atoms with Crippen molar-refractivity contribution in [1.82, 2.24) is 4.90 Å². The quantitative estimate of drug-likeness (QED) is 0.813. The number of amides is 1. The van der Waals surface area contributed by atoms with E-state index in [2.05, 4.69) is 0 Å². The molecule has 1 heterocycles. The molecule has 1 fully saturated rings. The van der Waals surface area contributed by atoms with E-state index in [-0.39, 0.29) is 12.5 Å². The lowest BCUT2D eigenvalue weighted by atomic mass is 10.1. The number of nitrogens with zero attached hydrogens (tertiary/aromatic N) is 1. The zero-order chi connectivity index (χ0) is 17.7. The summed E-state index contributed by atoms with van der Waals surface area (Å²) in [5.74, 6) is -0.772. The Labute approximate surface area is 146 Å². The van der Waals surface area contributed by atoms with E-state index >= 15 is 0 Å². The molecule has 1 aromatic rings. The molecular formula is C17H22ClNO5. The van der Waals surface area contributed by atoms with E-state index in [1.54, 1.807) is 12.1 Å². The second kappa shape index (κ2) is 8.24. The fourth-order valence-electron chi connectivity index (χ4n) is 2.63. The normalized spacial score (nSPS) is 17.0. The third kappa shape index (κ3) is 4.12. The maximum Gasteiger partial charge on any atom is 0.308 e. The Morgan fingerprint density at radius 1 is 1.33 bits per heavy atom. The molecule has 0 unspecified atom stereocenters. The number of hydrogen-bond acceptors (Lipinski definition) is 4. The number of halogens is 1. The molecule has 0 aromatic heterocycles. The van der Waals surface area contributed by atoms with E-state index in [4.69, 9.17) is 26.2 Å². The summed E-state index contributed by atoms with van der Waals surface area (Å²) in [6, 6.07) is 3.16. The molecule has 1 aliphatic heterocycles. The van der Waals surface area contributed by atoms with Crippen molar-refractivity contribution in [3.63, 3.8) is 0 Å². The maximum atomic E-state index is 12.6. The zero-order valence-electron chi connectivity index (χ0n) is 13.9. The lowest BCUT2D eigenvalue weighted by molar-refractivity contribution is -0.141. The highest BCUT2D eigenvalue weighted by Gasteiger charge is 2.32. The van der Waals surface area contributed by atoms with E-state index in [0.717, 1.165) is 6.42 Å². The molecule has 24 heavy (non-hydrogen) atoms. The highest BCUT2D eigenvalue weighted by Crippen LogP contribution is 2.37. The van der Waals surface area contributed by atoms with Crippen molar-refractivity contribution in [3.8, 4) is 11.5 Å². The number of ether oxygens (including phenoxy) is 2. The van der Waals surface area contributed by atoms with Crippen LogP contribution in [0.3, 0.4) is 0 Å². The van der Waals surface area contributed by atoms with Gasteiger partial charge in [0.2, 0.25) is 0 Å². The van der Waals surface area contributed by atoms with Gasteiger partial charge in [-0.25, -0.2) is 0 Å². The largest absolute Gasteiger partial charge is 0.490 e. The van der Waals surface area contributed by atoms with Crippen molar-refractivity contribution < 1.29 is 24.2 Å². The molecule has 7 heteroatoms. The Bertz CT molecular complexity index is 619. The molecule has 0 saturated carbocycles. The Morgan fingerprint density at radius 2 is 2.08 bits per heavy atom. The van der Waals surface area contributed by atoms with Crippen molar-refractivity contribution in [2.75, 3.05) is 26.3 Å². The number of aliphatic carboxylic acids is 1. The first kappa shape index (κ1) is 18.4. The molecule has 1 aliphatic rings. The second-order valence-electron chi connectivity index (χ2n) is 5.64. The standard InChI is InChI=1S/C17H22ClNO5/c1-3-7-24-15-13(18)8-12(9-14(15)23-4-2)16(20)19-6-5-11(10-19)17(21)22/h8-9,11H,3-7,10H2,1-2H3,(H,21,22)/t11-/m0/s1. The van der Waals surface area contributed by atoms with Gasteiger partial charge < -0.3 is 19.5 Å². The van der Waals surface area contributed by atoms with Gasteiger partial charge in [-0.3, -0.25) is 9.59 Å². The molecule has 0 spiro atoms. The van der Waals surface area contributed by atoms with Crippen LogP contribution in [0.25, 0.3) is 0 Å². The number of benzene rings is 1. The van der Waals surface area contributed by atoms with Crippen LogP contribution in [0, 0.1) is 5.92 Å². The van der Waals surface area contributed by atoms with Crippen LogP contribution in [0.15, 0.2) is 12.1 Å². The van der Waals surface area contributed by atoms with Crippen LogP contribution in [0.2, 0.25) is 5.02 Å². The molecule has 6 nitrogen and oxygen atoms in total. The highest BCUT2D eigenvalue weighted by molar-refractivity contribution is 6.32. The SMILES string of the molecule is CCCOc1c(Cl)cc(C(=O)N2CC[C@H](C(=O)O)C2)cc1OCC. The third-order valence-corrected chi connectivity index (χ3v) is 4.11. The van der Waals surface area contributed by atoms with Crippen molar-refractivity contribution in [3.05, 3.63) is 22.7 Å². The lowest BCUT2D eigenvalue weighted by Crippen LogP contribution is -2.30. The van der Waals surface area contributed by atoms with Gasteiger partial charge in [-0.15, -0.1) is 0 Å². The summed E-state index contributed by atoms with van der Waals surface area (Å²) in [4.78, 5) is 25.2. The molecule has 2 rings (SSSR count). The van der Waals surface area contributed by atoms with Gasteiger partial charge >= 0.3 is 5.97 Å². The van der Waals surface area contributed by atoms with Crippen molar-refractivity contribution in [2.45, 2.75) is 26.7 Å². The first-order valence-corrected chi connectivity index (χ1v) is 8.46. The third-order valence-electron chi connectivity index (χ3n) is 3.83. The fraction of sp³-hybridized carbons (Fsp3) is 0.529. The highest BCUT2D eigenvalue weighted by atomic mass is 35.5. The number of hydrogen-bond donors (Lipinski definition) is 1. The fourth-order valence-corrected chi connectivity index (χ4v) is 2.89. The summed E-state index contributed by atoms with van der Waals surface area (Å²) < 4.78 is 11.2. The Hall–Kier alpha value is -1.95. The van der Waals surface area contributed by atoms with E-state index < -0.39 is 11.9 Å². The minimum atomic E-state index is -0.873. The molecule has 1 saturated heterocycles. The Kier molecular flexibility index (Phi) is 6.31. The molecular weight excluding hydrogens is 334 g/mol. The van der Waals surface area contributed by atoms with Crippen LogP contribution >= 0.6 is 11.6 Å². The monoisotopic (exact) mass is 355 g/mol. The molecule has 0 radical (unpaired) electrons. The van der Waals surface area contributed by atoms with Crippen LogP contribution in [0.1, 0.15) is 37.0 Å². The minimum Gasteiger partial charge on any atom is -0.490 e. The molecule has 1 atom stereocenters. The molecule has 1 aromatic carbocycles. The molecule has 0 bridgehead atoms. The van der Waals surface area contributed by atoms with Gasteiger partial charge in [0.25, 0.3) is 5.91 Å². The van der Waals surface area contributed by atoms with Gasteiger partial charge in [-0.2, -0.15) is 0 Å². The maximum absolute atomic E-state index is 12.6. The Balaban J connectivity index is 2.23. The average Bonchev–Trinajstić information content (AvgIpc) is 3.03. The molecule has 1 amide bonds. The smallest absolute Gasteiger partial charge is 0.308 e. The summed E-state index contributed by atoms with van der Waals surface area (Å²) in [5.41, 5.74) is 0.373. The summed E-state index contributed by atoms with van der Waals surface area (Å²) >= 11 is 6.27. The van der Waals surface area contributed by atoms with Gasteiger partial charge in [-0.05, 0) is 31.9 Å². The number of carbonyl (C=O) groups excluding carboxylic acids is 1. The molecule has 1 N–H and O–H groups in total. The molecule has 0 aliphatic carbocycles. The van der Waals surface area contributed by atoms with Gasteiger partial charge in [0.05, 0.1) is 24.2 Å². The van der Waals surface area contributed by atoms with Crippen LogP contribution in [0.5, 0.6) is 11.5 Å². The second-order valence-corrected chi connectivity index (χ2v) is 6.05. The van der Waals surface area contributed by atoms with E-state index in [1.807, 2.05) is 13.8 Å². The van der Waals surface area contributed by atoms with Gasteiger partial charge in [0, 0.05) is 18.7 Å². The number of likely N-dealkylation sites (tertiary alicyclic amines) is 1. The number of carboxylic acid groups (broad SMARTS) is 1. The first-order chi connectivity index (χ1) is 11.5. The van der Waals surface area contributed by atoms with E-state index in [1.165, 1.54) is 4.90 Å². The van der Waals surface area contributed by atoms with Gasteiger partial charge in [0.15, 0.2) is 11.5 Å². The van der Waals surface area contributed by atoms with Crippen LogP contribution in [0.4, 0.5) is 0 Å². The van der Waals surface area contributed by atoms with E-state index in [9.17, 15) is 9.59 Å². The number of rotatable bonds is 7. The van der Waals surface area contributed by atoms with Crippen LogP contribution in [-0.2, 0) is 4.79 Å².